The molecule has 0 bridgehead atoms. The fourth-order valence-electron chi connectivity index (χ4n) is 2.43. The molecule has 0 amide bonds. The Morgan fingerprint density at radius 1 is 1.29 bits per heavy atom. The molecule has 2 atom stereocenters. The van der Waals surface area contributed by atoms with E-state index in [1.165, 1.54) is 0 Å². The normalized spacial score (nSPS) is 18.8. The number of hydrogen-bond acceptors (Lipinski definition) is 5. The minimum atomic E-state index is -0.581. The van der Waals surface area contributed by atoms with Gasteiger partial charge in [-0.05, 0) is 50.3 Å². The topological polar surface area (TPSA) is 54.0 Å². The second kappa shape index (κ2) is 10.3. The predicted octanol–water partition coefficient (Wildman–Crippen LogP) is 3.49. The zero-order chi connectivity index (χ0) is 17.2. The Labute approximate surface area is 144 Å². The smallest absolute Gasteiger partial charge is 0.335 e. The molecule has 2 unspecified atom stereocenters. The lowest BCUT2D eigenvalue weighted by Crippen LogP contribution is -2.30. The minimum Gasteiger partial charge on any atom is -0.494 e. The van der Waals surface area contributed by atoms with Crippen molar-refractivity contribution in [1.29, 1.82) is 0 Å². The van der Waals surface area contributed by atoms with Crippen LogP contribution in [-0.4, -0.2) is 38.0 Å². The molecule has 0 saturated carbocycles. The van der Waals surface area contributed by atoms with Gasteiger partial charge in [-0.3, -0.25) is 0 Å². The van der Waals surface area contributed by atoms with Crippen LogP contribution in [0.15, 0.2) is 24.3 Å². The van der Waals surface area contributed by atoms with Gasteiger partial charge in [0.2, 0.25) is 0 Å². The average molecular weight is 336 g/mol. The van der Waals surface area contributed by atoms with Crippen LogP contribution in [0.4, 0.5) is 0 Å². The third-order valence-corrected chi connectivity index (χ3v) is 3.92. The fourth-order valence-corrected chi connectivity index (χ4v) is 2.43. The van der Waals surface area contributed by atoms with Gasteiger partial charge in [0.05, 0.1) is 19.3 Å². The molecule has 1 aromatic carbocycles. The van der Waals surface area contributed by atoms with E-state index in [1.54, 1.807) is 6.92 Å². The third-order valence-electron chi connectivity index (χ3n) is 3.92. The molecule has 0 spiro atoms. The Morgan fingerprint density at radius 2 is 2.08 bits per heavy atom. The summed E-state index contributed by atoms with van der Waals surface area (Å²) < 4.78 is 22.0. The van der Waals surface area contributed by atoms with Gasteiger partial charge in [0.1, 0.15) is 12.4 Å². The van der Waals surface area contributed by atoms with Gasteiger partial charge in [0.15, 0.2) is 6.10 Å². The van der Waals surface area contributed by atoms with E-state index in [1.807, 2.05) is 24.3 Å². The van der Waals surface area contributed by atoms with Crippen LogP contribution in [0, 0.1) is 0 Å². The van der Waals surface area contributed by atoms with Gasteiger partial charge in [-0.15, -0.1) is 0 Å². The largest absolute Gasteiger partial charge is 0.494 e. The standard InChI is InChI=1S/C19H28O5/c1-3-11-21-17-9-7-16(8-10-17)13-24-19(20)15(2)23-14-18-6-4-5-12-22-18/h7-10,15,18H,3-6,11-14H2,1-2H3. The van der Waals surface area contributed by atoms with Crippen molar-refractivity contribution in [3.8, 4) is 5.75 Å². The molecule has 0 aromatic heterocycles. The summed E-state index contributed by atoms with van der Waals surface area (Å²) in [6.07, 6.45) is 3.76. The van der Waals surface area contributed by atoms with Gasteiger partial charge < -0.3 is 18.9 Å². The molecule has 1 heterocycles. The molecule has 24 heavy (non-hydrogen) atoms. The van der Waals surface area contributed by atoms with E-state index in [9.17, 15) is 4.79 Å². The maximum Gasteiger partial charge on any atom is 0.335 e. The van der Waals surface area contributed by atoms with Crippen LogP contribution in [0.1, 0.15) is 45.1 Å². The Kier molecular flexibility index (Phi) is 8.05. The van der Waals surface area contributed by atoms with Crippen LogP contribution in [-0.2, 0) is 25.6 Å². The van der Waals surface area contributed by atoms with Crippen LogP contribution < -0.4 is 4.74 Å². The second-order valence-corrected chi connectivity index (χ2v) is 6.06. The van der Waals surface area contributed by atoms with Crippen LogP contribution in [0.5, 0.6) is 5.75 Å². The fraction of sp³-hybridized carbons (Fsp3) is 0.632. The van der Waals surface area contributed by atoms with Crippen molar-refractivity contribution in [1.82, 2.24) is 0 Å². The van der Waals surface area contributed by atoms with Crippen molar-refractivity contribution in [2.45, 2.75) is 58.3 Å². The number of rotatable bonds is 9. The molecular weight excluding hydrogens is 308 g/mol. The zero-order valence-electron chi connectivity index (χ0n) is 14.7. The molecule has 1 aromatic rings. The first kappa shape index (κ1) is 18.7. The first-order valence-electron chi connectivity index (χ1n) is 8.80. The quantitative estimate of drug-likeness (QED) is 0.646. The van der Waals surface area contributed by atoms with E-state index >= 15 is 0 Å². The van der Waals surface area contributed by atoms with Gasteiger partial charge in [-0.25, -0.2) is 4.79 Å². The maximum atomic E-state index is 12.0. The van der Waals surface area contributed by atoms with Crippen molar-refractivity contribution in [3.05, 3.63) is 29.8 Å². The molecule has 0 aliphatic carbocycles. The molecule has 0 radical (unpaired) electrons. The number of carbonyl (C=O) groups excluding carboxylic acids is 1. The lowest BCUT2D eigenvalue weighted by molar-refractivity contribution is -0.160. The molecule has 1 saturated heterocycles. The summed E-state index contributed by atoms with van der Waals surface area (Å²) in [5, 5.41) is 0. The highest BCUT2D eigenvalue weighted by atomic mass is 16.6. The second-order valence-electron chi connectivity index (χ2n) is 6.06. The van der Waals surface area contributed by atoms with Crippen molar-refractivity contribution >= 4 is 5.97 Å². The number of ether oxygens (including phenoxy) is 4. The molecule has 2 rings (SSSR count). The average Bonchev–Trinajstić information content (AvgIpc) is 2.64. The molecule has 5 nitrogen and oxygen atoms in total. The van der Waals surface area contributed by atoms with E-state index in [0.717, 1.165) is 43.6 Å². The predicted molar refractivity (Wildman–Crippen MR) is 91.0 cm³/mol. The van der Waals surface area contributed by atoms with Crippen molar-refractivity contribution in [2.24, 2.45) is 0 Å². The number of hydrogen-bond donors (Lipinski definition) is 0. The highest BCUT2D eigenvalue weighted by molar-refractivity contribution is 5.74. The summed E-state index contributed by atoms with van der Waals surface area (Å²) in [6.45, 7) is 5.95. The first-order chi connectivity index (χ1) is 11.7. The number of carbonyl (C=O) groups is 1. The van der Waals surface area contributed by atoms with Crippen LogP contribution in [0.3, 0.4) is 0 Å². The van der Waals surface area contributed by atoms with Gasteiger partial charge >= 0.3 is 5.97 Å². The van der Waals surface area contributed by atoms with Crippen LogP contribution in [0.25, 0.3) is 0 Å². The molecule has 0 N–H and O–H groups in total. The molecular formula is C19H28O5. The van der Waals surface area contributed by atoms with Crippen LogP contribution in [0.2, 0.25) is 0 Å². The number of esters is 1. The summed E-state index contributed by atoms with van der Waals surface area (Å²) in [5.74, 6) is 0.480. The van der Waals surface area contributed by atoms with Crippen LogP contribution >= 0.6 is 0 Å². The lowest BCUT2D eigenvalue weighted by Gasteiger charge is -2.23. The Balaban J connectivity index is 1.67. The Morgan fingerprint density at radius 3 is 2.75 bits per heavy atom. The maximum absolute atomic E-state index is 12.0. The number of benzene rings is 1. The van der Waals surface area contributed by atoms with E-state index < -0.39 is 6.10 Å². The van der Waals surface area contributed by atoms with Gasteiger partial charge in [-0.1, -0.05) is 19.1 Å². The van der Waals surface area contributed by atoms with Crippen molar-refractivity contribution in [3.63, 3.8) is 0 Å². The van der Waals surface area contributed by atoms with E-state index in [0.29, 0.717) is 13.2 Å². The lowest BCUT2D eigenvalue weighted by atomic mass is 10.1. The molecule has 1 aliphatic rings. The first-order valence-corrected chi connectivity index (χ1v) is 8.80. The highest BCUT2D eigenvalue weighted by Gasteiger charge is 2.19. The van der Waals surface area contributed by atoms with Gasteiger partial charge in [-0.2, -0.15) is 0 Å². The summed E-state index contributed by atoms with van der Waals surface area (Å²) in [6, 6.07) is 7.58. The summed E-state index contributed by atoms with van der Waals surface area (Å²) in [4.78, 5) is 12.0. The minimum absolute atomic E-state index is 0.102. The Hall–Kier alpha value is -1.59. The molecule has 5 heteroatoms. The third kappa shape index (κ3) is 6.49. The summed E-state index contributed by atoms with van der Waals surface area (Å²) in [5.41, 5.74) is 0.926. The van der Waals surface area contributed by atoms with Gasteiger partial charge in [0, 0.05) is 6.61 Å². The highest BCUT2D eigenvalue weighted by Crippen LogP contribution is 2.15. The Bertz CT molecular complexity index is 479. The SMILES string of the molecule is CCCOc1ccc(COC(=O)C(C)OCC2CCCCO2)cc1. The monoisotopic (exact) mass is 336 g/mol. The molecule has 1 aliphatic heterocycles. The van der Waals surface area contributed by atoms with Crippen molar-refractivity contribution < 1.29 is 23.7 Å². The zero-order valence-corrected chi connectivity index (χ0v) is 14.7. The summed E-state index contributed by atoms with van der Waals surface area (Å²) in [7, 11) is 0. The van der Waals surface area contributed by atoms with E-state index in [2.05, 4.69) is 6.92 Å². The van der Waals surface area contributed by atoms with Crippen molar-refractivity contribution in [2.75, 3.05) is 19.8 Å². The van der Waals surface area contributed by atoms with E-state index in [-0.39, 0.29) is 18.7 Å². The summed E-state index contributed by atoms with van der Waals surface area (Å²) >= 11 is 0. The molecule has 134 valence electrons. The van der Waals surface area contributed by atoms with E-state index in [4.69, 9.17) is 18.9 Å². The van der Waals surface area contributed by atoms with Gasteiger partial charge in [0.25, 0.3) is 0 Å². The molecule has 1 fully saturated rings.